The molecule has 2 heterocycles. The molecule has 1 fully saturated rings. The van der Waals surface area contributed by atoms with E-state index in [-0.39, 0.29) is 30.2 Å². The molecule has 2 N–H and O–H groups in total. The highest BCUT2D eigenvalue weighted by Gasteiger charge is 2.26. The third kappa shape index (κ3) is 5.60. The Hall–Kier alpha value is -2.80. The van der Waals surface area contributed by atoms with E-state index in [0.717, 1.165) is 11.3 Å². The minimum Gasteiger partial charge on any atom is -0.464 e. The SMILES string of the molecule is Cc1ccc([C@H](C)NC(=O)NCc2ccc(C(=O)N3C[C@@H](C)O[C@H](C)C3)cc2)o1. The Bertz CT molecular complexity index is 836. The molecule has 1 aliphatic heterocycles. The number of furan rings is 1. The first-order valence-electron chi connectivity index (χ1n) is 9.96. The number of aryl methyl sites for hydroxylation is 1. The Balaban J connectivity index is 1.50. The summed E-state index contributed by atoms with van der Waals surface area (Å²) in [6, 6.07) is 10.6. The van der Waals surface area contributed by atoms with Crippen molar-refractivity contribution in [2.75, 3.05) is 13.1 Å². The molecule has 0 radical (unpaired) electrons. The summed E-state index contributed by atoms with van der Waals surface area (Å²) < 4.78 is 11.2. The van der Waals surface area contributed by atoms with Crippen LogP contribution < -0.4 is 10.6 Å². The van der Waals surface area contributed by atoms with E-state index in [9.17, 15) is 9.59 Å². The molecule has 1 aromatic carbocycles. The summed E-state index contributed by atoms with van der Waals surface area (Å²) in [5.41, 5.74) is 1.56. The first-order chi connectivity index (χ1) is 13.8. The number of nitrogens with zero attached hydrogens (tertiary/aromatic N) is 1. The van der Waals surface area contributed by atoms with E-state index in [4.69, 9.17) is 9.15 Å². The number of hydrogen-bond acceptors (Lipinski definition) is 4. The van der Waals surface area contributed by atoms with Crippen molar-refractivity contribution in [2.24, 2.45) is 0 Å². The third-order valence-corrected chi connectivity index (χ3v) is 4.90. The average molecular weight is 399 g/mol. The van der Waals surface area contributed by atoms with Gasteiger partial charge in [-0.1, -0.05) is 12.1 Å². The lowest BCUT2D eigenvalue weighted by Crippen LogP contribution is -2.48. The molecule has 0 unspecified atom stereocenters. The number of carbonyl (C=O) groups is 2. The standard InChI is InChI=1S/C22H29N3O4/c1-14-5-10-20(29-14)17(4)24-22(27)23-11-18-6-8-19(9-7-18)21(26)25-12-15(2)28-16(3)13-25/h5-10,15-17H,11-13H2,1-4H3,(H2,23,24,27)/t15-,16-,17+/m1/s1. The quantitative estimate of drug-likeness (QED) is 0.807. The van der Waals surface area contributed by atoms with Crippen LogP contribution in [-0.4, -0.2) is 42.1 Å². The van der Waals surface area contributed by atoms with Crippen molar-refractivity contribution in [1.82, 2.24) is 15.5 Å². The van der Waals surface area contributed by atoms with Crippen LogP contribution >= 0.6 is 0 Å². The molecule has 1 saturated heterocycles. The summed E-state index contributed by atoms with van der Waals surface area (Å²) in [5, 5.41) is 5.67. The predicted molar refractivity (Wildman–Crippen MR) is 110 cm³/mol. The van der Waals surface area contributed by atoms with Gasteiger partial charge in [-0.25, -0.2) is 4.79 Å². The fraction of sp³-hybridized carbons (Fsp3) is 0.455. The highest BCUT2D eigenvalue weighted by molar-refractivity contribution is 5.94. The molecule has 7 nitrogen and oxygen atoms in total. The maximum atomic E-state index is 12.7. The number of urea groups is 1. The van der Waals surface area contributed by atoms with Crippen LogP contribution in [0.25, 0.3) is 0 Å². The van der Waals surface area contributed by atoms with Gasteiger partial charge in [-0.15, -0.1) is 0 Å². The maximum Gasteiger partial charge on any atom is 0.315 e. The fourth-order valence-corrected chi connectivity index (χ4v) is 3.48. The average Bonchev–Trinajstić information content (AvgIpc) is 3.12. The number of ether oxygens (including phenoxy) is 1. The third-order valence-electron chi connectivity index (χ3n) is 4.90. The number of rotatable bonds is 5. The van der Waals surface area contributed by atoms with Crippen molar-refractivity contribution >= 4 is 11.9 Å². The van der Waals surface area contributed by atoms with Crippen LogP contribution in [-0.2, 0) is 11.3 Å². The molecule has 3 atom stereocenters. The molecule has 3 amide bonds. The lowest BCUT2D eigenvalue weighted by molar-refractivity contribution is -0.0586. The van der Waals surface area contributed by atoms with E-state index >= 15 is 0 Å². The minimum atomic E-state index is -0.275. The zero-order valence-corrected chi connectivity index (χ0v) is 17.4. The number of benzene rings is 1. The molecule has 0 saturated carbocycles. The summed E-state index contributed by atoms with van der Waals surface area (Å²) >= 11 is 0. The zero-order valence-electron chi connectivity index (χ0n) is 17.4. The highest BCUT2D eigenvalue weighted by Crippen LogP contribution is 2.16. The van der Waals surface area contributed by atoms with Crippen molar-refractivity contribution in [1.29, 1.82) is 0 Å². The van der Waals surface area contributed by atoms with Gasteiger partial charge in [0.15, 0.2) is 0 Å². The van der Waals surface area contributed by atoms with Gasteiger partial charge in [0.1, 0.15) is 11.5 Å². The summed E-state index contributed by atoms with van der Waals surface area (Å²) in [6.45, 7) is 9.25. The number of hydrogen-bond donors (Lipinski definition) is 2. The molecular weight excluding hydrogens is 370 g/mol. The molecule has 0 aliphatic carbocycles. The smallest absolute Gasteiger partial charge is 0.315 e. The second-order valence-corrected chi connectivity index (χ2v) is 7.66. The van der Waals surface area contributed by atoms with Gasteiger partial charge in [0, 0.05) is 25.2 Å². The van der Waals surface area contributed by atoms with Crippen LogP contribution in [0.1, 0.15) is 54.3 Å². The van der Waals surface area contributed by atoms with Crippen LogP contribution in [0, 0.1) is 6.92 Å². The molecular formula is C22H29N3O4. The van der Waals surface area contributed by atoms with Crippen molar-refractivity contribution in [2.45, 2.75) is 52.5 Å². The van der Waals surface area contributed by atoms with E-state index in [1.165, 1.54) is 0 Å². The van der Waals surface area contributed by atoms with Crippen molar-refractivity contribution in [3.63, 3.8) is 0 Å². The molecule has 1 aliphatic rings. The van der Waals surface area contributed by atoms with Gasteiger partial charge in [0.05, 0.1) is 18.2 Å². The first-order valence-corrected chi connectivity index (χ1v) is 9.96. The lowest BCUT2D eigenvalue weighted by Gasteiger charge is -2.35. The number of morpholine rings is 1. The van der Waals surface area contributed by atoms with Crippen LogP contribution in [0.2, 0.25) is 0 Å². The van der Waals surface area contributed by atoms with Gasteiger partial charge in [0.2, 0.25) is 0 Å². The lowest BCUT2D eigenvalue weighted by atomic mass is 10.1. The van der Waals surface area contributed by atoms with Crippen LogP contribution in [0.5, 0.6) is 0 Å². The Labute approximate surface area is 171 Å². The van der Waals surface area contributed by atoms with Gasteiger partial charge in [-0.3, -0.25) is 4.79 Å². The van der Waals surface area contributed by atoms with Gasteiger partial charge in [-0.05, 0) is 57.5 Å². The van der Waals surface area contributed by atoms with Crippen molar-refractivity contribution in [3.05, 3.63) is 59.0 Å². The molecule has 0 bridgehead atoms. The van der Waals surface area contributed by atoms with Crippen LogP contribution in [0.4, 0.5) is 4.79 Å². The normalized spacial score (nSPS) is 20.2. The molecule has 156 valence electrons. The highest BCUT2D eigenvalue weighted by atomic mass is 16.5. The summed E-state index contributed by atoms with van der Waals surface area (Å²) in [6.07, 6.45) is 0.0781. The molecule has 3 rings (SSSR count). The van der Waals surface area contributed by atoms with Crippen LogP contribution in [0.15, 0.2) is 40.8 Å². The predicted octanol–water partition coefficient (Wildman–Crippen LogP) is 3.40. The molecule has 29 heavy (non-hydrogen) atoms. The Kier molecular flexibility index (Phi) is 6.59. The van der Waals surface area contributed by atoms with Gasteiger partial charge >= 0.3 is 6.03 Å². The van der Waals surface area contributed by atoms with Crippen molar-refractivity contribution < 1.29 is 18.7 Å². The number of carbonyl (C=O) groups excluding carboxylic acids is 2. The van der Waals surface area contributed by atoms with Gasteiger partial charge in [0.25, 0.3) is 5.91 Å². The summed E-state index contributed by atoms with van der Waals surface area (Å²) in [4.78, 5) is 26.7. The Morgan fingerprint density at radius 3 is 2.34 bits per heavy atom. The Morgan fingerprint density at radius 2 is 1.76 bits per heavy atom. The van der Waals surface area contributed by atoms with Crippen molar-refractivity contribution in [3.8, 4) is 0 Å². The van der Waals surface area contributed by atoms with Crippen LogP contribution in [0.3, 0.4) is 0 Å². The largest absolute Gasteiger partial charge is 0.464 e. The number of amides is 3. The van der Waals surface area contributed by atoms with Gasteiger partial charge in [-0.2, -0.15) is 0 Å². The topological polar surface area (TPSA) is 83.8 Å². The fourth-order valence-electron chi connectivity index (χ4n) is 3.48. The minimum absolute atomic E-state index is 0.00631. The molecule has 7 heteroatoms. The zero-order chi connectivity index (χ0) is 21.0. The molecule has 1 aromatic heterocycles. The monoisotopic (exact) mass is 399 g/mol. The van der Waals surface area contributed by atoms with Gasteiger partial charge < -0.3 is 24.7 Å². The molecule has 0 spiro atoms. The van der Waals surface area contributed by atoms with E-state index in [1.807, 2.05) is 56.9 Å². The van der Waals surface area contributed by atoms with E-state index in [1.54, 1.807) is 12.1 Å². The van der Waals surface area contributed by atoms with E-state index in [0.29, 0.717) is 31.0 Å². The summed E-state index contributed by atoms with van der Waals surface area (Å²) in [7, 11) is 0. The number of nitrogens with one attached hydrogen (secondary N) is 2. The van der Waals surface area contributed by atoms with E-state index in [2.05, 4.69) is 10.6 Å². The first kappa shape index (κ1) is 20.9. The Morgan fingerprint density at radius 1 is 1.10 bits per heavy atom. The maximum absolute atomic E-state index is 12.7. The summed E-state index contributed by atoms with van der Waals surface area (Å²) in [5.74, 6) is 1.53. The van der Waals surface area contributed by atoms with E-state index < -0.39 is 0 Å². The molecule has 2 aromatic rings. The second kappa shape index (κ2) is 9.13. The second-order valence-electron chi connectivity index (χ2n) is 7.66.